The Morgan fingerprint density at radius 3 is 2.77 bits per heavy atom. The van der Waals surface area contributed by atoms with E-state index < -0.39 is 0 Å². The molecule has 2 aromatic rings. The molecule has 0 radical (unpaired) electrons. The van der Waals surface area contributed by atoms with Crippen molar-refractivity contribution in [3.8, 4) is 0 Å². The molecule has 5 nitrogen and oxygen atoms in total. The number of carbonyl (C=O) groups excluding carboxylic acids is 1. The Labute approximate surface area is 160 Å². The highest BCUT2D eigenvalue weighted by molar-refractivity contribution is 7.09. The van der Waals surface area contributed by atoms with E-state index in [-0.39, 0.29) is 5.91 Å². The van der Waals surface area contributed by atoms with Crippen molar-refractivity contribution in [2.45, 2.75) is 52.2 Å². The average molecular weight is 375 g/mol. The van der Waals surface area contributed by atoms with Crippen molar-refractivity contribution in [1.82, 2.24) is 19.6 Å². The predicted octanol–water partition coefficient (Wildman–Crippen LogP) is 3.29. The van der Waals surface area contributed by atoms with E-state index in [1.54, 1.807) is 30.3 Å². The van der Waals surface area contributed by atoms with Gasteiger partial charge in [-0.2, -0.15) is 5.10 Å². The highest BCUT2D eigenvalue weighted by atomic mass is 32.1. The van der Waals surface area contributed by atoms with Crippen molar-refractivity contribution in [3.63, 3.8) is 0 Å². The summed E-state index contributed by atoms with van der Waals surface area (Å²) in [6.45, 7) is 6.23. The molecule has 0 saturated carbocycles. The second kappa shape index (κ2) is 7.92. The van der Waals surface area contributed by atoms with Crippen LogP contribution in [0.3, 0.4) is 0 Å². The van der Waals surface area contributed by atoms with Gasteiger partial charge < -0.3 is 4.90 Å². The van der Waals surface area contributed by atoms with Gasteiger partial charge in [0, 0.05) is 49.4 Å². The fourth-order valence-corrected chi connectivity index (χ4v) is 4.47. The summed E-state index contributed by atoms with van der Waals surface area (Å²) in [5.41, 5.74) is 3.09. The predicted molar refractivity (Wildman–Crippen MR) is 107 cm³/mol. The van der Waals surface area contributed by atoms with Gasteiger partial charge >= 0.3 is 0 Å². The number of thiophene rings is 1. The smallest absolute Gasteiger partial charge is 0.274 e. The molecule has 0 aliphatic heterocycles. The van der Waals surface area contributed by atoms with Crippen LogP contribution >= 0.6 is 11.3 Å². The van der Waals surface area contributed by atoms with E-state index in [0.29, 0.717) is 17.7 Å². The van der Waals surface area contributed by atoms with Crippen molar-refractivity contribution >= 4 is 17.2 Å². The third-order valence-electron chi connectivity index (χ3n) is 5.08. The van der Waals surface area contributed by atoms with Crippen LogP contribution in [0.15, 0.2) is 17.5 Å². The number of aromatic nitrogens is 2. The lowest BCUT2D eigenvalue weighted by molar-refractivity contribution is 0.0819. The zero-order chi connectivity index (χ0) is 18.8. The van der Waals surface area contributed by atoms with Crippen LogP contribution in [0.25, 0.3) is 0 Å². The summed E-state index contributed by atoms with van der Waals surface area (Å²) in [7, 11) is 5.81. The summed E-state index contributed by atoms with van der Waals surface area (Å²) in [4.78, 5) is 18.1. The molecule has 142 valence electrons. The van der Waals surface area contributed by atoms with Gasteiger partial charge in [0.1, 0.15) is 0 Å². The summed E-state index contributed by atoms with van der Waals surface area (Å²) >= 11 is 1.80. The van der Waals surface area contributed by atoms with Gasteiger partial charge in [-0.25, -0.2) is 0 Å². The molecule has 0 spiro atoms. The topological polar surface area (TPSA) is 41.4 Å². The first kappa shape index (κ1) is 19.1. The lowest BCUT2D eigenvalue weighted by Crippen LogP contribution is -2.36. The monoisotopic (exact) mass is 374 g/mol. The minimum Gasteiger partial charge on any atom is -0.343 e. The molecule has 1 aliphatic carbocycles. The Morgan fingerprint density at radius 2 is 2.15 bits per heavy atom. The fourth-order valence-electron chi connectivity index (χ4n) is 3.70. The van der Waals surface area contributed by atoms with E-state index in [0.717, 1.165) is 32.4 Å². The molecule has 6 heteroatoms. The highest BCUT2D eigenvalue weighted by Gasteiger charge is 2.31. The van der Waals surface area contributed by atoms with Crippen molar-refractivity contribution < 1.29 is 4.79 Å². The summed E-state index contributed by atoms with van der Waals surface area (Å²) < 4.78 is 2.09. The van der Waals surface area contributed by atoms with Crippen LogP contribution in [-0.2, 0) is 25.9 Å². The minimum absolute atomic E-state index is 0.0188. The van der Waals surface area contributed by atoms with Gasteiger partial charge in [-0.3, -0.25) is 14.4 Å². The lowest BCUT2D eigenvalue weighted by atomic mass is 9.90. The van der Waals surface area contributed by atoms with Crippen LogP contribution in [-0.4, -0.2) is 52.7 Å². The van der Waals surface area contributed by atoms with Crippen molar-refractivity contribution in [1.29, 1.82) is 0 Å². The summed E-state index contributed by atoms with van der Waals surface area (Å²) in [5, 5.41) is 6.86. The number of hydrogen-bond donors (Lipinski definition) is 0. The number of hydrogen-bond acceptors (Lipinski definition) is 4. The molecule has 0 fully saturated rings. The van der Waals surface area contributed by atoms with Gasteiger partial charge in [0.05, 0.1) is 0 Å². The normalized spacial score (nSPS) is 17.0. The van der Waals surface area contributed by atoms with Gasteiger partial charge in [0.2, 0.25) is 0 Å². The maximum Gasteiger partial charge on any atom is 0.274 e. The molecule has 1 aliphatic rings. The lowest BCUT2D eigenvalue weighted by Gasteiger charge is -2.31. The number of amides is 1. The standard InChI is InChI=1S/C20H30N4OS/c1-14(2)12-24-18-9-8-15(23(5)13-16-7-6-10-26-16)11-17(18)19(21-24)20(25)22(3)4/h6-7,10,14-15H,8-9,11-13H2,1-5H3. The Kier molecular flexibility index (Phi) is 5.82. The van der Waals surface area contributed by atoms with Crippen molar-refractivity contribution in [3.05, 3.63) is 39.3 Å². The molecule has 1 unspecified atom stereocenters. The van der Waals surface area contributed by atoms with E-state index in [4.69, 9.17) is 5.10 Å². The molecule has 3 rings (SSSR count). The highest BCUT2D eigenvalue weighted by Crippen LogP contribution is 2.29. The van der Waals surface area contributed by atoms with Crippen LogP contribution in [0.5, 0.6) is 0 Å². The largest absolute Gasteiger partial charge is 0.343 e. The first-order valence-electron chi connectivity index (χ1n) is 9.39. The third kappa shape index (κ3) is 4.01. The number of nitrogens with zero attached hydrogens (tertiary/aromatic N) is 4. The van der Waals surface area contributed by atoms with Crippen LogP contribution in [0.1, 0.15) is 46.9 Å². The first-order chi connectivity index (χ1) is 12.4. The second-order valence-electron chi connectivity index (χ2n) is 7.94. The Bertz CT molecular complexity index is 748. The number of carbonyl (C=O) groups is 1. The molecule has 2 aromatic heterocycles. The van der Waals surface area contributed by atoms with E-state index >= 15 is 0 Å². The molecule has 0 aromatic carbocycles. The Balaban J connectivity index is 1.85. The van der Waals surface area contributed by atoms with Crippen LogP contribution < -0.4 is 0 Å². The molecule has 0 saturated heterocycles. The van der Waals surface area contributed by atoms with Crippen LogP contribution in [0.2, 0.25) is 0 Å². The number of rotatable bonds is 6. The van der Waals surface area contributed by atoms with E-state index in [1.807, 2.05) is 0 Å². The van der Waals surface area contributed by atoms with Gasteiger partial charge in [0.25, 0.3) is 5.91 Å². The Morgan fingerprint density at radius 1 is 1.38 bits per heavy atom. The SMILES string of the molecule is CC(C)Cn1nc(C(=O)N(C)C)c2c1CCC(N(C)Cc1cccs1)C2. The molecule has 0 N–H and O–H groups in total. The summed E-state index contributed by atoms with van der Waals surface area (Å²) in [6.07, 6.45) is 3.02. The first-order valence-corrected chi connectivity index (χ1v) is 10.3. The number of likely N-dealkylation sites (N-methyl/N-ethyl adjacent to an activating group) is 1. The fraction of sp³-hybridized carbons (Fsp3) is 0.600. The summed E-state index contributed by atoms with van der Waals surface area (Å²) in [6, 6.07) is 4.75. The number of fused-ring (bicyclic) bond motifs is 1. The van der Waals surface area contributed by atoms with Crippen LogP contribution in [0.4, 0.5) is 0 Å². The molecular weight excluding hydrogens is 344 g/mol. The van der Waals surface area contributed by atoms with E-state index in [2.05, 4.69) is 48.0 Å². The molecule has 1 atom stereocenters. The molecule has 1 amide bonds. The van der Waals surface area contributed by atoms with Gasteiger partial charge in [-0.05, 0) is 43.7 Å². The maximum atomic E-state index is 12.7. The van der Waals surface area contributed by atoms with Gasteiger partial charge in [-0.1, -0.05) is 19.9 Å². The third-order valence-corrected chi connectivity index (χ3v) is 5.94. The van der Waals surface area contributed by atoms with Crippen molar-refractivity contribution in [2.75, 3.05) is 21.1 Å². The molecule has 2 heterocycles. The van der Waals surface area contributed by atoms with Crippen LogP contribution in [0, 0.1) is 5.92 Å². The maximum absolute atomic E-state index is 12.7. The second-order valence-corrected chi connectivity index (χ2v) is 8.97. The Hall–Kier alpha value is -1.66. The zero-order valence-electron chi connectivity index (χ0n) is 16.5. The van der Waals surface area contributed by atoms with Crippen molar-refractivity contribution in [2.24, 2.45) is 5.92 Å². The molecular formula is C20H30N4OS. The molecule has 26 heavy (non-hydrogen) atoms. The quantitative estimate of drug-likeness (QED) is 0.779. The zero-order valence-corrected chi connectivity index (χ0v) is 17.3. The molecule has 0 bridgehead atoms. The van der Waals surface area contributed by atoms with Gasteiger partial charge in [-0.15, -0.1) is 11.3 Å². The van der Waals surface area contributed by atoms with E-state index in [1.165, 1.54) is 16.1 Å². The van der Waals surface area contributed by atoms with Gasteiger partial charge in [0.15, 0.2) is 5.69 Å². The minimum atomic E-state index is 0.0188. The summed E-state index contributed by atoms with van der Waals surface area (Å²) in [5.74, 6) is 0.533. The average Bonchev–Trinajstić information content (AvgIpc) is 3.21. The van der Waals surface area contributed by atoms with E-state index in [9.17, 15) is 4.79 Å².